The van der Waals surface area contributed by atoms with Crippen molar-refractivity contribution in [2.75, 3.05) is 6.61 Å². The SMILES string of the molecule is C[C@@H]1O[C@H](O[C@@H]2[C@H](O)[C@@H](O)[C@H](Oc3c(-c4ccc(O)c(O)c4)oc4cc(O)cc(O)c4c3=O)O[C@@H]2CO)[C@H](O)[C@H](O)[C@H]1O. The smallest absolute Gasteiger partial charge is 0.239 e. The van der Waals surface area contributed by atoms with E-state index in [-0.39, 0.29) is 11.1 Å². The molecule has 2 aliphatic heterocycles. The molecule has 10 N–H and O–H groups in total. The van der Waals surface area contributed by atoms with Crippen LogP contribution in [0.1, 0.15) is 6.92 Å². The van der Waals surface area contributed by atoms with Gasteiger partial charge < -0.3 is 74.4 Å². The van der Waals surface area contributed by atoms with E-state index >= 15 is 0 Å². The lowest BCUT2D eigenvalue weighted by atomic mass is 9.97. The lowest BCUT2D eigenvalue weighted by molar-refractivity contribution is -0.349. The molecule has 0 unspecified atom stereocenters. The molecular formula is C27H30O16. The maximum Gasteiger partial charge on any atom is 0.239 e. The molecule has 0 radical (unpaired) electrons. The molecule has 2 aromatic carbocycles. The Hall–Kier alpha value is -3.71. The maximum atomic E-state index is 13.6. The standard InChI is InChI=1S/C27H30O16/c1-8-17(33)19(35)21(37)26(39-8)42-24-15(7-28)41-27(22(38)20(24)36)43-25-18(34)16-13(32)5-10(29)6-14(16)40-23(25)9-2-3-11(30)12(31)4-9/h2-6,8,15,17,19-22,24,26-33,35-38H,7H2,1H3/t8-,15+,17-,19+,20+,21+,22+,24-,26+,27-/m0/s1. The number of aliphatic hydroxyl groups is 6. The normalized spacial score (nSPS) is 33.0. The molecule has 1 aromatic heterocycles. The van der Waals surface area contributed by atoms with Gasteiger partial charge in [-0.3, -0.25) is 4.79 Å². The molecule has 10 atom stereocenters. The molecule has 0 saturated carbocycles. The minimum atomic E-state index is -1.99. The van der Waals surface area contributed by atoms with Gasteiger partial charge in [-0.1, -0.05) is 0 Å². The van der Waals surface area contributed by atoms with Gasteiger partial charge in [-0.25, -0.2) is 0 Å². The summed E-state index contributed by atoms with van der Waals surface area (Å²) in [5.74, 6) is -3.33. The second-order valence-electron chi connectivity index (χ2n) is 10.2. The Labute approximate surface area is 241 Å². The van der Waals surface area contributed by atoms with Gasteiger partial charge in [-0.05, 0) is 25.1 Å². The largest absolute Gasteiger partial charge is 0.508 e. The summed E-state index contributed by atoms with van der Waals surface area (Å²) in [6.45, 7) is 0.550. The van der Waals surface area contributed by atoms with Crippen LogP contribution in [0.25, 0.3) is 22.3 Å². The van der Waals surface area contributed by atoms with Crippen molar-refractivity contribution in [3.05, 3.63) is 40.6 Å². The van der Waals surface area contributed by atoms with Gasteiger partial charge in [0.2, 0.25) is 17.5 Å². The summed E-state index contributed by atoms with van der Waals surface area (Å²) in [4.78, 5) is 13.6. The fourth-order valence-corrected chi connectivity index (χ4v) is 4.94. The van der Waals surface area contributed by atoms with Crippen LogP contribution < -0.4 is 10.2 Å². The van der Waals surface area contributed by atoms with Crippen molar-refractivity contribution in [2.45, 2.75) is 68.3 Å². The minimum absolute atomic E-state index is 0.0313. The van der Waals surface area contributed by atoms with Crippen LogP contribution in [-0.4, -0.2) is 119 Å². The number of phenols is 4. The van der Waals surface area contributed by atoms with E-state index in [0.717, 1.165) is 24.3 Å². The lowest BCUT2D eigenvalue weighted by Gasteiger charge is -2.45. The number of ether oxygens (including phenoxy) is 4. The van der Waals surface area contributed by atoms with Gasteiger partial charge in [0, 0.05) is 17.7 Å². The van der Waals surface area contributed by atoms with E-state index in [2.05, 4.69) is 0 Å². The predicted molar refractivity (Wildman–Crippen MR) is 140 cm³/mol. The van der Waals surface area contributed by atoms with E-state index in [0.29, 0.717) is 0 Å². The Balaban J connectivity index is 1.50. The first kappa shape index (κ1) is 30.7. The summed E-state index contributed by atoms with van der Waals surface area (Å²) in [7, 11) is 0. The molecule has 2 fully saturated rings. The number of aromatic hydroxyl groups is 4. The zero-order chi connectivity index (χ0) is 31.3. The monoisotopic (exact) mass is 610 g/mol. The minimum Gasteiger partial charge on any atom is -0.508 e. The third kappa shape index (κ3) is 5.55. The Morgan fingerprint density at radius 2 is 1.49 bits per heavy atom. The molecule has 2 saturated heterocycles. The van der Waals surface area contributed by atoms with E-state index in [1.54, 1.807) is 0 Å². The molecule has 0 spiro atoms. The van der Waals surface area contributed by atoms with Gasteiger partial charge >= 0.3 is 0 Å². The van der Waals surface area contributed by atoms with Gasteiger partial charge in [0.25, 0.3) is 0 Å². The lowest BCUT2D eigenvalue weighted by Crippen LogP contribution is -2.64. The van der Waals surface area contributed by atoms with Crippen LogP contribution in [0, 0.1) is 0 Å². The van der Waals surface area contributed by atoms with Crippen molar-refractivity contribution in [3.8, 4) is 40.1 Å². The summed E-state index contributed by atoms with van der Waals surface area (Å²) < 4.78 is 28.0. The molecule has 43 heavy (non-hydrogen) atoms. The molecule has 5 rings (SSSR count). The maximum absolute atomic E-state index is 13.6. The molecule has 3 heterocycles. The molecule has 0 bridgehead atoms. The molecule has 3 aromatic rings. The van der Waals surface area contributed by atoms with E-state index in [4.69, 9.17) is 23.4 Å². The molecule has 0 amide bonds. The van der Waals surface area contributed by atoms with Gasteiger partial charge in [-0.2, -0.15) is 0 Å². The van der Waals surface area contributed by atoms with Crippen LogP contribution in [0.2, 0.25) is 0 Å². The van der Waals surface area contributed by atoms with Gasteiger partial charge in [-0.15, -0.1) is 0 Å². The number of hydrogen-bond donors (Lipinski definition) is 10. The van der Waals surface area contributed by atoms with Crippen molar-refractivity contribution in [3.63, 3.8) is 0 Å². The number of aliphatic hydroxyl groups excluding tert-OH is 6. The average Bonchev–Trinajstić information content (AvgIpc) is 2.96. The van der Waals surface area contributed by atoms with Gasteiger partial charge in [0.1, 0.15) is 65.2 Å². The first-order valence-corrected chi connectivity index (χ1v) is 13.0. The zero-order valence-corrected chi connectivity index (χ0v) is 22.3. The van der Waals surface area contributed by atoms with E-state index in [1.807, 2.05) is 0 Å². The average molecular weight is 611 g/mol. The summed E-state index contributed by atoms with van der Waals surface area (Å²) in [6.07, 6.45) is -16.4. The quantitative estimate of drug-likeness (QED) is 0.140. The second kappa shape index (κ2) is 11.8. The summed E-state index contributed by atoms with van der Waals surface area (Å²) >= 11 is 0. The summed E-state index contributed by atoms with van der Waals surface area (Å²) in [5.41, 5.74) is -1.35. The zero-order valence-electron chi connectivity index (χ0n) is 22.3. The van der Waals surface area contributed by atoms with Crippen LogP contribution in [0.5, 0.6) is 28.7 Å². The Morgan fingerprint density at radius 1 is 0.791 bits per heavy atom. The van der Waals surface area contributed by atoms with Crippen molar-refractivity contribution >= 4 is 11.0 Å². The predicted octanol–water partition coefficient (Wildman–Crippen LogP) is -1.69. The van der Waals surface area contributed by atoms with Crippen LogP contribution in [-0.2, 0) is 14.2 Å². The molecule has 16 heteroatoms. The second-order valence-corrected chi connectivity index (χ2v) is 10.2. The summed E-state index contributed by atoms with van der Waals surface area (Å²) in [6, 6.07) is 5.24. The highest BCUT2D eigenvalue weighted by atomic mass is 16.7. The number of hydrogen-bond acceptors (Lipinski definition) is 16. The Morgan fingerprint density at radius 3 is 2.16 bits per heavy atom. The Bertz CT molecular complexity index is 1540. The van der Waals surface area contributed by atoms with Gasteiger partial charge in [0.15, 0.2) is 23.5 Å². The number of rotatable bonds is 6. The van der Waals surface area contributed by atoms with Crippen LogP contribution in [0.15, 0.2) is 39.5 Å². The number of fused-ring (bicyclic) bond motifs is 1. The topological polar surface area (TPSA) is 269 Å². The molecule has 0 aliphatic carbocycles. The molecule has 234 valence electrons. The number of phenolic OH excluding ortho intramolecular Hbond substituents is 4. The first-order valence-electron chi connectivity index (χ1n) is 13.0. The third-order valence-electron chi connectivity index (χ3n) is 7.31. The molecular weight excluding hydrogens is 580 g/mol. The molecule has 2 aliphatic rings. The van der Waals surface area contributed by atoms with Crippen molar-refractivity contribution < 1.29 is 74.4 Å². The fraction of sp³-hybridized carbons (Fsp3) is 0.444. The number of benzene rings is 2. The first-order chi connectivity index (χ1) is 20.3. The highest BCUT2D eigenvalue weighted by Gasteiger charge is 2.51. The highest BCUT2D eigenvalue weighted by Crippen LogP contribution is 2.39. The fourth-order valence-electron chi connectivity index (χ4n) is 4.94. The van der Waals surface area contributed by atoms with E-state index < -0.39 is 113 Å². The Kier molecular flexibility index (Phi) is 8.41. The van der Waals surface area contributed by atoms with Crippen LogP contribution >= 0.6 is 0 Å². The third-order valence-corrected chi connectivity index (χ3v) is 7.31. The van der Waals surface area contributed by atoms with Crippen molar-refractivity contribution in [2.24, 2.45) is 0 Å². The van der Waals surface area contributed by atoms with E-state index in [9.17, 15) is 55.9 Å². The van der Waals surface area contributed by atoms with Crippen molar-refractivity contribution in [1.82, 2.24) is 0 Å². The van der Waals surface area contributed by atoms with Crippen LogP contribution in [0.3, 0.4) is 0 Å². The van der Waals surface area contributed by atoms with E-state index in [1.165, 1.54) is 13.0 Å². The summed E-state index contributed by atoms with van der Waals surface area (Å²) in [5, 5.41) is 102. The highest BCUT2D eigenvalue weighted by molar-refractivity contribution is 5.88. The van der Waals surface area contributed by atoms with Crippen molar-refractivity contribution in [1.29, 1.82) is 0 Å². The molecule has 16 nitrogen and oxygen atoms in total. The van der Waals surface area contributed by atoms with Crippen LogP contribution in [0.4, 0.5) is 0 Å². The van der Waals surface area contributed by atoms with Gasteiger partial charge in [0.05, 0.1) is 12.7 Å².